The van der Waals surface area contributed by atoms with E-state index in [9.17, 15) is 28.2 Å². The number of thiazole rings is 1. The first-order valence-corrected chi connectivity index (χ1v) is 15.1. The van der Waals surface area contributed by atoms with Gasteiger partial charge in [0.1, 0.15) is 11.7 Å². The highest BCUT2D eigenvalue weighted by atomic mass is 32.2. The molecule has 11 nitrogen and oxygen atoms in total. The van der Waals surface area contributed by atoms with Crippen LogP contribution in [0.4, 0.5) is 5.13 Å². The number of aromatic nitrogens is 1. The third-order valence-corrected chi connectivity index (χ3v) is 7.14. The van der Waals surface area contributed by atoms with Crippen molar-refractivity contribution in [2.75, 3.05) is 30.7 Å². The Kier molecular flexibility index (Phi) is 11.4. The van der Waals surface area contributed by atoms with Gasteiger partial charge in [0.05, 0.1) is 25.0 Å². The zero-order valence-electron chi connectivity index (χ0n) is 21.4. The summed E-state index contributed by atoms with van der Waals surface area (Å²) in [5.74, 6) is -1.12. The molecule has 3 aromatic rings. The SMILES string of the molecule is CS(=O)(=O)Nc1nc(C(=O)NC(Cc2ccccc2)C(O)C(NCCO)C(=O)NCCc2ccccc2)cs1. The van der Waals surface area contributed by atoms with Crippen molar-refractivity contribution in [3.63, 3.8) is 0 Å². The minimum atomic E-state index is -3.57. The molecule has 0 spiro atoms. The Bertz CT molecular complexity index is 1300. The molecule has 1 aromatic heterocycles. The van der Waals surface area contributed by atoms with Crippen molar-refractivity contribution in [3.8, 4) is 0 Å². The Balaban J connectivity index is 1.76. The van der Waals surface area contributed by atoms with Gasteiger partial charge in [-0.05, 0) is 24.0 Å². The van der Waals surface area contributed by atoms with Crippen molar-refractivity contribution in [2.24, 2.45) is 0 Å². The van der Waals surface area contributed by atoms with Crippen molar-refractivity contribution >= 4 is 38.3 Å². The number of anilines is 1. The molecular weight excluding hydrogens is 542 g/mol. The first-order chi connectivity index (χ1) is 18.7. The second-order valence-electron chi connectivity index (χ2n) is 8.85. The number of aliphatic hydroxyl groups excluding tert-OH is 2. The van der Waals surface area contributed by atoms with Crippen molar-refractivity contribution in [2.45, 2.75) is 31.0 Å². The first-order valence-electron chi connectivity index (χ1n) is 12.3. The predicted molar refractivity (Wildman–Crippen MR) is 150 cm³/mol. The second-order valence-corrected chi connectivity index (χ2v) is 11.5. The van der Waals surface area contributed by atoms with E-state index in [-0.39, 0.29) is 30.4 Å². The fraction of sp³-hybridized carbons (Fsp3) is 0.346. The third-order valence-electron chi connectivity index (χ3n) is 5.69. The van der Waals surface area contributed by atoms with Crippen LogP contribution in [0.3, 0.4) is 0 Å². The van der Waals surface area contributed by atoms with Crippen LogP contribution in [0, 0.1) is 0 Å². The average Bonchev–Trinajstić information content (AvgIpc) is 3.36. The van der Waals surface area contributed by atoms with Gasteiger partial charge in [-0.25, -0.2) is 13.4 Å². The largest absolute Gasteiger partial charge is 0.395 e. The van der Waals surface area contributed by atoms with Gasteiger partial charge in [0.2, 0.25) is 15.9 Å². The van der Waals surface area contributed by atoms with Crippen LogP contribution in [-0.4, -0.2) is 79.6 Å². The van der Waals surface area contributed by atoms with Gasteiger partial charge in [0.25, 0.3) is 5.91 Å². The van der Waals surface area contributed by atoms with E-state index >= 15 is 0 Å². The molecule has 6 N–H and O–H groups in total. The van der Waals surface area contributed by atoms with E-state index in [1.165, 1.54) is 5.38 Å². The van der Waals surface area contributed by atoms with Gasteiger partial charge in [0, 0.05) is 18.5 Å². The number of benzene rings is 2. The Morgan fingerprint density at radius 3 is 2.26 bits per heavy atom. The summed E-state index contributed by atoms with van der Waals surface area (Å²) in [6.07, 6.45) is 0.378. The van der Waals surface area contributed by atoms with Crippen molar-refractivity contribution in [1.29, 1.82) is 0 Å². The number of carbonyl (C=O) groups is 2. The van der Waals surface area contributed by atoms with E-state index in [0.717, 1.165) is 28.7 Å². The minimum absolute atomic E-state index is 0.0306. The zero-order valence-corrected chi connectivity index (χ0v) is 23.0. The number of rotatable bonds is 15. The fourth-order valence-electron chi connectivity index (χ4n) is 3.86. The molecule has 13 heteroatoms. The van der Waals surface area contributed by atoms with Gasteiger partial charge in [-0.15, -0.1) is 11.3 Å². The number of amides is 2. The summed E-state index contributed by atoms with van der Waals surface area (Å²) in [7, 11) is -3.57. The minimum Gasteiger partial charge on any atom is -0.395 e. The Labute approximate surface area is 231 Å². The molecule has 2 amide bonds. The second kappa shape index (κ2) is 14.7. The summed E-state index contributed by atoms with van der Waals surface area (Å²) in [6, 6.07) is 16.7. The topological polar surface area (TPSA) is 170 Å². The van der Waals surface area contributed by atoms with Crippen LogP contribution >= 0.6 is 11.3 Å². The van der Waals surface area contributed by atoms with Gasteiger partial charge >= 0.3 is 0 Å². The molecule has 2 aromatic carbocycles. The van der Waals surface area contributed by atoms with E-state index in [0.29, 0.717) is 13.0 Å². The molecule has 39 heavy (non-hydrogen) atoms. The lowest BCUT2D eigenvalue weighted by Crippen LogP contribution is -2.59. The highest BCUT2D eigenvalue weighted by Crippen LogP contribution is 2.17. The molecule has 3 rings (SSSR count). The summed E-state index contributed by atoms with van der Waals surface area (Å²) < 4.78 is 25.2. The molecule has 3 unspecified atom stereocenters. The maximum absolute atomic E-state index is 13.1. The van der Waals surface area contributed by atoms with E-state index in [2.05, 4.69) is 25.7 Å². The monoisotopic (exact) mass is 575 g/mol. The average molecular weight is 576 g/mol. The molecule has 0 saturated heterocycles. The number of hydrogen-bond acceptors (Lipinski definition) is 9. The van der Waals surface area contributed by atoms with Crippen LogP contribution in [0.5, 0.6) is 0 Å². The lowest BCUT2D eigenvalue weighted by Gasteiger charge is -2.30. The van der Waals surface area contributed by atoms with Crippen molar-refractivity contribution in [1.82, 2.24) is 20.9 Å². The number of sulfonamides is 1. The molecule has 1 heterocycles. The highest BCUT2D eigenvalue weighted by molar-refractivity contribution is 7.92. The van der Waals surface area contributed by atoms with E-state index in [1.807, 2.05) is 60.7 Å². The van der Waals surface area contributed by atoms with Gasteiger partial charge in [-0.1, -0.05) is 60.7 Å². The number of nitrogens with one attached hydrogen (secondary N) is 4. The summed E-state index contributed by atoms with van der Waals surface area (Å²) in [5, 5.41) is 30.6. The lowest BCUT2D eigenvalue weighted by atomic mass is 9.95. The van der Waals surface area contributed by atoms with E-state index in [4.69, 9.17) is 0 Å². The van der Waals surface area contributed by atoms with Gasteiger partial charge in [-0.3, -0.25) is 14.3 Å². The van der Waals surface area contributed by atoms with Crippen LogP contribution in [-0.2, 0) is 27.7 Å². The Morgan fingerprint density at radius 1 is 1.00 bits per heavy atom. The molecule has 0 aliphatic heterocycles. The Hall–Kier alpha value is -3.36. The molecule has 0 aliphatic rings. The maximum atomic E-state index is 13.1. The first kappa shape index (κ1) is 30.2. The molecule has 0 radical (unpaired) electrons. The molecule has 3 atom stereocenters. The Morgan fingerprint density at radius 2 is 1.64 bits per heavy atom. The summed E-state index contributed by atoms with van der Waals surface area (Å²) in [6.45, 7) is 0.120. The summed E-state index contributed by atoms with van der Waals surface area (Å²) in [5.41, 5.74) is 1.81. The summed E-state index contributed by atoms with van der Waals surface area (Å²) in [4.78, 5) is 30.2. The quantitative estimate of drug-likeness (QED) is 0.152. The van der Waals surface area contributed by atoms with Gasteiger partial charge in [-0.2, -0.15) is 0 Å². The van der Waals surface area contributed by atoms with Crippen molar-refractivity contribution < 1.29 is 28.2 Å². The number of hydrogen-bond donors (Lipinski definition) is 6. The molecule has 210 valence electrons. The standard InChI is InChI=1S/C26H33N5O6S2/c1-39(36,37)31-26-30-21(17-38-26)24(34)29-20(16-19-10-6-3-7-11-19)23(33)22(27-14-15-32)25(35)28-13-12-18-8-4-2-5-9-18/h2-11,17,20,22-23,27,32-33H,12-16H2,1H3,(H,28,35)(H,29,34)(H,30,31). The van der Waals surface area contributed by atoms with Gasteiger partial charge in [0.15, 0.2) is 5.13 Å². The predicted octanol–water partition coefficient (Wildman–Crippen LogP) is 0.526. The van der Waals surface area contributed by atoms with E-state index < -0.39 is 40.0 Å². The number of aliphatic hydroxyl groups is 2. The smallest absolute Gasteiger partial charge is 0.271 e. The molecule has 0 fully saturated rings. The van der Waals surface area contributed by atoms with E-state index in [1.54, 1.807) is 0 Å². The lowest BCUT2D eigenvalue weighted by molar-refractivity contribution is -0.126. The molecule has 0 aliphatic carbocycles. The highest BCUT2D eigenvalue weighted by Gasteiger charge is 2.34. The molecular formula is C26H33N5O6S2. The van der Waals surface area contributed by atoms with Crippen LogP contribution in [0.2, 0.25) is 0 Å². The third kappa shape index (κ3) is 10.0. The van der Waals surface area contributed by atoms with Crippen LogP contribution in [0.25, 0.3) is 0 Å². The maximum Gasteiger partial charge on any atom is 0.271 e. The van der Waals surface area contributed by atoms with Crippen LogP contribution in [0.15, 0.2) is 66.0 Å². The zero-order chi connectivity index (χ0) is 28.3. The van der Waals surface area contributed by atoms with Crippen molar-refractivity contribution in [3.05, 3.63) is 82.9 Å². The molecule has 0 saturated carbocycles. The fourth-order valence-corrected chi connectivity index (χ4v) is 5.40. The number of carbonyl (C=O) groups excluding carboxylic acids is 2. The van der Waals surface area contributed by atoms with Gasteiger partial charge < -0.3 is 26.2 Å². The number of nitrogens with zero attached hydrogens (tertiary/aromatic N) is 1. The normalized spacial score (nSPS) is 13.7. The van der Waals surface area contributed by atoms with Crippen LogP contribution in [0.1, 0.15) is 21.6 Å². The van der Waals surface area contributed by atoms with Crippen LogP contribution < -0.4 is 20.7 Å². The molecule has 0 bridgehead atoms. The summed E-state index contributed by atoms with van der Waals surface area (Å²) >= 11 is 0.945.